The molecular formula is C17H15F2N3O. The minimum absolute atomic E-state index is 0.275. The molecule has 0 aliphatic carbocycles. The third-order valence-electron chi connectivity index (χ3n) is 3.35. The van der Waals surface area contributed by atoms with Crippen molar-refractivity contribution >= 4 is 0 Å². The topological polar surface area (TPSA) is 39.9 Å². The second-order valence-corrected chi connectivity index (χ2v) is 5.02. The Kier molecular flexibility index (Phi) is 4.32. The lowest BCUT2D eigenvalue weighted by Crippen LogP contribution is -1.98. The van der Waals surface area contributed by atoms with Crippen molar-refractivity contribution < 1.29 is 13.5 Å². The Balaban J connectivity index is 1.71. The Labute approximate surface area is 132 Å². The van der Waals surface area contributed by atoms with Crippen LogP contribution in [0.3, 0.4) is 0 Å². The first-order valence-corrected chi connectivity index (χ1v) is 7.10. The van der Waals surface area contributed by atoms with Crippen molar-refractivity contribution in [3.8, 4) is 17.1 Å². The molecule has 0 saturated heterocycles. The minimum atomic E-state index is -2.64. The molecule has 4 nitrogen and oxygen atoms in total. The highest BCUT2D eigenvalue weighted by Crippen LogP contribution is 2.23. The maximum absolute atomic E-state index is 12.7. The van der Waals surface area contributed by atoms with Crippen molar-refractivity contribution in [2.45, 2.75) is 13.0 Å². The number of hydrogen-bond acceptors (Lipinski definition) is 3. The fourth-order valence-electron chi connectivity index (χ4n) is 2.15. The molecule has 0 N–H and O–H groups in total. The van der Waals surface area contributed by atoms with E-state index in [4.69, 9.17) is 4.74 Å². The molecule has 0 fully saturated rings. The first kappa shape index (κ1) is 15.1. The van der Waals surface area contributed by atoms with Crippen molar-refractivity contribution in [3.63, 3.8) is 0 Å². The molecule has 23 heavy (non-hydrogen) atoms. The molecule has 0 unspecified atom stereocenters. The molecule has 0 amide bonds. The van der Waals surface area contributed by atoms with Crippen LogP contribution in [0.5, 0.6) is 5.75 Å². The smallest absolute Gasteiger partial charge is 0.297 e. The number of aryl methyl sites for hydroxylation is 1. The molecule has 1 heterocycles. The lowest BCUT2D eigenvalue weighted by atomic mass is 10.2. The average Bonchev–Trinajstić information content (AvgIpc) is 2.96. The Morgan fingerprint density at radius 3 is 2.35 bits per heavy atom. The molecule has 0 spiro atoms. The predicted molar refractivity (Wildman–Crippen MR) is 82.2 cm³/mol. The van der Waals surface area contributed by atoms with Crippen molar-refractivity contribution in [1.29, 1.82) is 0 Å². The quantitative estimate of drug-likeness (QED) is 0.714. The second-order valence-electron chi connectivity index (χ2n) is 5.02. The van der Waals surface area contributed by atoms with Gasteiger partial charge in [-0.3, -0.25) is 0 Å². The van der Waals surface area contributed by atoms with E-state index in [2.05, 4.69) is 10.1 Å². The predicted octanol–water partition coefficient (Wildman–Crippen LogP) is 4.00. The molecule has 2 aromatic carbocycles. The fourth-order valence-corrected chi connectivity index (χ4v) is 2.15. The summed E-state index contributed by atoms with van der Waals surface area (Å²) in [6, 6.07) is 16.9. The van der Waals surface area contributed by atoms with Gasteiger partial charge in [0.05, 0.1) is 0 Å². The van der Waals surface area contributed by atoms with Gasteiger partial charge in [0.1, 0.15) is 12.4 Å². The van der Waals surface area contributed by atoms with Gasteiger partial charge in [0.15, 0.2) is 11.6 Å². The molecule has 118 valence electrons. The summed E-state index contributed by atoms with van der Waals surface area (Å²) >= 11 is 0. The zero-order valence-electron chi connectivity index (χ0n) is 12.5. The summed E-state index contributed by atoms with van der Waals surface area (Å²) < 4.78 is 32.3. The van der Waals surface area contributed by atoms with Gasteiger partial charge < -0.3 is 4.74 Å². The average molecular weight is 315 g/mol. The lowest BCUT2D eigenvalue weighted by Gasteiger charge is -2.06. The van der Waals surface area contributed by atoms with E-state index in [1.807, 2.05) is 30.3 Å². The SMILES string of the molecule is Cn1nc(-c2ccc(OCc3ccccc3)cc2)nc1C(F)F. The van der Waals surface area contributed by atoms with Crippen molar-refractivity contribution in [3.05, 3.63) is 66.0 Å². The largest absolute Gasteiger partial charge is 0.489 e. The number of halogens is 2. The summed E-state index contributed by atoms with van der Waals surface area (Å²) in [4.78, 5) is 3.86. The van der Waals surface area contributed by atoms with Crippen LogP contribution in [0.1, 0.15) is 17.8 Å². The van der Waals surface area contributed by atoms with Crippen LogP contribution in [0.25, 0.3) is 11.4 Å². The third kappa shape index (κ3) is 3.53. The maximum Gasteiger partial charge on any atom is 0.297 e. The molecule has 1 aromatic heterocycles. The third-order valence-corrected chi connectivity index (χ3v) is 3.35. The zero-order chi connectivity index (χ0) is 16.2. The summed E-state index contributed by atoms with van der Waals surface area (Å²) in [5, 5.41) is 4.01. The van der Waals surface area contributed by atoms with Crippen molar-refractivity contribution in [1.82, 2.24) is 14.8 Å². The van der Waals surface area contributed by atoms with E-state index in [1.165, 1.54) is 7.05 Å². The highest BCUT2D eigenvalue weighted by atomic mass is 19.3. The number of nitrogens with zero attached hydrogens (tertiary/aromatic N) is 3. The molecule has 0 bridgehead atoms. The highest BCUT2D eigenvalue weighted by Gasteiger charge is 2.17. The van der Waals surface area contributed by atoms with Gasteiger partial charge in [0.2, 0.25) is 0 Å². The Hall–Kier alpha value is -2.76. The van der Waals surface area contributed by atoms with Gasteiger partial charge >= 0.3 is 0 Å². The van der Waals surface area contributed by atoms with Crippen LogP contribution < -0.4 is 4.74 Å². The van der Waals surface area contributed by atoms with E-state index in [-0.39, 0.29) is 11.6 Å². The van der Waals surface area contributed by atoms with Gasteiger partial charge in [0, 0.05) is 12.6 Å². The van der Waals surface area contributed by atoms with Crippen LogP contribution in [0.2, 0.25) is 0 Å². The Bertz CT molecular complexity index is 770. The molecule has 0 aliphatic rings. The van der Waals surface area contributed by atoms with Gasteiger partial charge in [-0.1, -0.05) is 30.3 Å². The summed E-state index contributed by atoms with van der Waals surface area (Å²) in [5.74, 6) is 0.629. The van der Waals surface area contributed by atoms with Gasteiger partial charge in [0.25, 0.3) is 6.43 Å². The number of benzene rings is 2. The summed E-state index contributed by atoms with van der Waals surface area (Å²) in [6.07, 6.45) is -2.64. The van der Waals surface area contributed by atoms with Crippen LogP contribution in [0.4, 0.5) is 8.78 Å². The normalized spacial score (nSPS) is 11.0. The molecule has 0 atom stereocenters. The summed E-state index contributed by atoms with van der Waals surface area (Å²) in [6.45, 7) is 0.470. The number of rotatable bonds is 5. The van der Waals surface area contributed by atoms with E-state index < -0.39 is 6.43 Å². The van der Waals surface area contributed by atoms with Gasteiger partial charge in [-0.05, 0) is 29.8 Å². The molecular weight excluding hydrogens is 300 g/mol. The molecule has 6 heteroatoms. The van der Waals surface area contributed by atoms with E-state index in [1.54, 1.807) is 24.3 Å². The first-order valence-electron chi connectivity index (χ1n) is 7.10. The van der Waals surface area contributed by atoms with Crippen LogP contribution in [0, 0.1) is 0 Å². The fraction of sp³-hybridized carbons (Fsp3) is 0.176. The molecule has 0 saturated carbocycles. The minimum Gasteiger partial charge on any atom is -0.489 e. The molecule has 0 aliphatic heterocycles. The first-order chi connectivity index (χ1) is 11.1. The Morgan fingerprint density at radius 2 is 1.74 bits per heavy atom. The number of ether oxygens (including phenoxy) is 1. The summed E-state index contributed by atoms with van der Waals surface area (Å²) in [5.41, 5.74) is 1.74. The highest BCUT2D eigenvalue weighted by molar-refractivity contribution is 5.55. The van der Waals surface area contributed by atoms with Gasteiger partial charge in [-0.15, -0.1) is 0 Å². The van der Waals surface area contributed by atoms with E-state index >= 15 is 0 Å². The lowest BCUT2D eigenvalue weighted by molar-refractivity contribution is 0.135. The van der Waals surface area contributed by atoms with Crippen molar-refractivity contribution in [2.24, 2.45) is 7.05 Å². The van der Waals surface area contributed by atoms with E-state index in [0.29, 0.717) is 17.9 Å². The van der Waals surface area contributed by atoms with Crippen LogP contribution in [0.15, 0.2) is 54.6 Å². The second kappa shape index (κ2) is 6.56. The van der Waals surface area contributed by atoms with Crippen LogP contribution in [-0.2, 0) is 13.7 Å². The van der Waals surface area contributed by atoms with Gasteiger partial charge in [-0.2, -0.15) is 5.10 Å². The van der Waals surface area contributed by atoms with Gasteiger partial charge in [-0.25, -0.2) is 18.4 Å². The molecule has 3 aromatic rings. The number of alkyl halides is 2. The summed E-state index contributed by atoms with van der Waals surface area (Å²) in [7, 11) is 1.45. The molecule has 3 rings (SSSR count). The monoisotopic (exact) mass is 315 g/mol. The number of hydrogen-bond donors (Lipinski definition) is 0. The van der Waals surface area contributed by atoms with Crippen LogP contribution >= 0.6 is 0 Å². The van der Waals surface area contributed by atoms with E-state index in [9.17, 15) is 8.78 Å². The molecule has 0 radical (unpaired) electrons. The van der Waals surface area contributed by atoms with Crippen LogP contribution in [-0.4, -0.2) is 14.8 Å². The standard InChI is InChI=1S/C17H15F2N3O/c1-22-17(15(18)19)20-16(21-22)13-7-9-14(10-8-13)23-11-12-5-3-2-4-6-12/h2-10,15H,11H2,1H3. The van der Waals surface area contributed by atoms with Crippen molar-refractivity contribution in [2.75, 3.05) is 0 Å². The van der Waals surface area contributed by atoms with E-state index in [0.717, 1.165) is 10.2 Å². The maximum atomic E-state index is 12.7. The Morgan fingerprint density at radius 1 is 1.04 bits per heavy atom. The zero-order valence-corrected chi connectivity index (χ0v) is 12.5. The number of aromatic nitrogens is 3.